The Kier molecular flexibility index (Phi) is 6.45. The second-order valence-corrected chi connectivity index (χ2v) is 7.36. The van der Waals surface area contributed by atoms with Gasteiger partial charge in [0.15, 0.2) is 0 Å². The maximum atomic E-state index is 12.3. The first-order valence-corrected chi connectivity index (χ1v) is 9.03. The van der Waals surface area contributed by atoms with Crippen molar-refractivity contribution in [2.24, 2.45) is 5.41 Å². The fraction of sp³-hybridized carbons (Fsp3) is 0.600. The van der Waals surface area contributed by atoms with Crippen molar-refractivity contribution in [3.05, 3.63) is 29.3 Å². The molecule has 1 aliphatic rings. The average molecular weight is 347 g/mol. The third-order valence-electron chi connectivity index (χ3n) is 4.95. The van der Waals surface area contributed by atoms with Crippen molar-refractivity contribution in [2.45, 2.75) is 52.9 Å². The van der Waals surface area contributed by atoms with E-state index >= 15 is 0 Å². The molecule has 138 valence electrons. The molecular weight excluding hydrogens is 318 g/mol. The van der Waals surface area contributed by atoms with E-state index in [-0.39, 0.29) is 5.91 Å². The van der Waals surface area contributed by atoms with Gasteiger partial charge >= 0.3 is 5.97 Å². The molecule has 5 heteroatoms. The van der Waals surface area contributed by atoms with Crippen LogP contribution in [0.15, 0.2) is 18.2 Å². The summed E-state index contributed by atoms with van der Waals surface area (Å²) in [6.45, 7) is 7.36. The number of aryl methyl sites for hydroxylation is 2. The highest BCUT2D eigenvalue weighted by atomic mass is 16.5. The van der Waals surface area contributed by atoms with Gasteiger partial charge in [0.2, 0.25) is 5.91 Å². The third-order valence-corrected chi connectivity index (χ3v) is 4.95. The van der Waals surface area contributed by atoms with E-state index in [1.807, 2.05) is 26.0 Å². The Morgan fingerprint density at radius 2 is 2.04 bits per heavy atom. The van der Waals surface area contributed by atoms with Crippen LogP contribution in [-0.4, -0.2) is 41.6 Å². The average Bonchev–Trinajstić information content (AvgIpc) is 2.57. The summed E-state index contributed by atoms with van der Waals surface area (Å²) >= 11 is 0. The number of aliphatic carboxylic acids is 1. The Hall–Kier alpha value is -2.04. The summed E-state index contributed by atoms with van der Waals surface area (Å²) < 4.78 is 5.81. The van der Waals surface area contributed by atoms with Crippen molar-refractivity contribution in [1.82, 2.24) is 4.90 Å². The molecule has 1 aromatic carbocycles. The van der Waals surface area contributed by atoms with E-state index in [0.717, 1.165) is 30.6 Å². The molecule has 0 aliphatic carbocycles. The molecule has 2 rings (SSSR count). The maximum absolute atomic E-state index is 12.3. The number of benzene rings is 1. The zero-order chi connectivity index (χ0) is 18.4. The molecule has 5 nitrogen and oxygen atoms in total. The van der Waals surface area contributed by atoms with E-state index in [9.17, 15) is 14.7 Å². The highest BCUT2D eigenvalue weighted by Crippen LogP contribution is 2.30. The summed E-state index contributed by atoms with van der Waals surface area (Å²) in [5, 5.41) is 9.34. The largest absolute Gasteiger partial charge is 0.493 e. The van der Waals surface area contributed by atoms with Crippen LogP contribution >= 0.6 is 0 Å². The fourth-order valence-corrected chi connectivity index (χ4v) is 3.21. The van der Waals surface area contributed by atoms with Gasteiger partial charge in [-0.25, -0.2) is 0 Å². The van der Waals surface area contributed by atoms with Gasteiger partial charge < -0.3 is 14.7 Å². The summed E-state index contributed by atoms with van der Waals surface area (Å²) in [6.07, 6.45) is 3.40. The van der Waals surface area contributed by atoms with E-state index in [2.05, 4.69) is 6.07 Å². The van der Waals surface area contributed by atoms with Gasteiger partial charge in [0.1, 0.15) is 5.75 Å². The Bertz CT molecular complexity index is 628. The lowest BCUT2D eigenvalue weighted by molar-refractivity contribution is -0.153. The summed E-state index contributed by atoms with van der Waals surface area (Å²) in [5.74, 6) is 0.144. The predicted molar refractivity (Wildman–Crippen MR) is 96.8 cm³/mol. The molecule has 1 atom stereocenters. The highest BCUT2D eigenvalue weighted by Gasteiger charge is 2.39. The molecule has 1 amide bonds. The number of carbonyl (C=O) groups excluding carboxylic acids is 1. The van der Waals surface area contributed by atoms with Gasteiger partial charge in [-0.15, -0.1) is 0 Å². The smallest absolute Gasteiger partial charge is 0.311 e. The number of likely N-dealkylation sites (tertiary alicyclic amines) is 1. The Morgan fingerprint density at radius 3 is 2.76 bits per heavy atom. The lowest BCUT2D eigenvalue weighted by Gasteiger charge is -2.37. The second kappa shape index (κ2) is 8.37. The van der Waals surface area contributed by atoms with Crippen LogP contribution in [0.1, 0.15) is 50.2 Å². The molecule has 1 aromatic rings. The Labute approximate surface area is 150 Å². The van der Waals surface area contributed by atoms with E-state index in [4.69, 9.17) is 4.74 Å². The number of hydrogen-bond donors (Lipinski definition) is 1. The zero-order valence-electron chi connectivity index (χ0n) is 15.5. The van der Waals surface area contributed by atoms with Crippen LogP contribution in [0.3, 0.4) is 0 Å². The molecule has 1 aliphatic heterocycles. The Morgan fingerprint density at radius 1 is 1.28 bits per heavy atom. The van der Waals surface area contributed by atoms with Gasteiger partial charge in [-0.1, -0.05) is 12.1 Å². The molecule has 0 aromatic heterocycles. The van der Waals surface area contributed by atoms with Gasteiger partial charge in [-0.2, -0.15) is 0 Å². The molecule has 25 heavy (non-hydrogen) atoms. The summed E-state index contributed by atoms with van der Waals surface area (Å²) in [5.41, 5.74) is 1.48. The molecule has 1 unspecified atom stereocenters. The van der Waals surface area contributed by atoms with Gasteiger partial charge in [-0.05, 0) is 63.6 Å². The van der Waals surface area contributed by atoms with Gasteiger partial charge in [0, 0.05) is 19.5 Å². The standard InChI is InChI=1S/C20H29NO4/c1-15-8-9-16(2)17(13-15)25-12-5-4-7-18(22)21-11-6-10-20(3,14-21)19(23)24/h8-9,13H,4-7,10-12,14H2,1-3H3,(H,23,24). The van der Waals surface area contributed by atoms with E-state index < -0.39 is 11.4 Å². The van der Waals surface area contributed by atoms with Crippen molar-refractivity contribution in [1.29, 1.82) is 0 Å². The van der Waals surface area contributed by atoms with Crippen LogP contribution in [0, 0.1) is 19.3 Å². The number of piperidine rings is 1. The normalized spacial score (nSPS) is 20.4. The van der Waals surface area contributed by atoms with E-state index in [0.29, 0.717) is 32.5 Å². The first-order valence-electron chi connectivity index (χ1n) is 9.03. The van der Waals surface area contributed by atoms with Crippen molar-refractivity contribution in [2.75, 3.05) is 19.7 Å². The number of rotatable bonds is 7. The third kappa shape index (κ3) is 5.21. The van der Waals surface area contributed by atoms with E-state index in [1.54, 1.807) is 11.8 Å². The van der Waals surface area contributed by atoms with Crippen molar-refractivity contribution >= 4 is 11.9 Å². The van der Waals surface area contributed by atoms with Crippen LogP contribution in [0.5, 0.6) is 5.75 Å². The van der Waals surface area contributed by atoms with Crippen LogP contribution in [0.25, 0.3) is 0 Å². The molecule has 1 heterocycles. The second-order valence-electron chi connectivity index (χ2n) is 7.36. The molecule has 1 N–H and O–H groups in total. The van der Waals surface area contributed by atoms with Crippen molar-refractivity contribution in [3.63, 3.8) is 0 Å². The highest BCUT2D eigenvalue weighted by molar-refractivity contribution is 5.79. The molecule has 0 spiro atoms. The predicted octanol–water partition coefficient (Wildman–Crippen LogP) is 3.57. The first kappa shape index (κ1) is 19.3. The summed E-state index contributed by atoms with van der Waals surface area (Å²) in [7, 11) is 0. The minimum Gasteiger partial charge on any atom is -0.493 e. The first-order chi connectivity index (χ1) is 11.8. The topological polar surface area (TPSA) is 66.8 Å². The molecular formula is C20H29NO4. The van der Waals surface area contributed by atoms with Crippen LogP contribution < -0.4 is 4.74 Å². The minimum atomic E-state index is -0.813. The maximum Gasteiger partial charge on any atom is 0.311 e. The number of hydrogen-bond acceptors (Lipinski definition) is 3. The number of nitrogens with zero attached hydrogens (tertiary/aromatic N) is 1. The number of unbranched alkanes of at least 4 members (excludes halogenated alkanes) is 1. The SMILES string of the molecule is Cc1ccc(C)c(OCCCCC(=O)N2CCCC(C)(C(=O)O)C2)c1. The van der Waals surface area contributed by atoms with Crippen molar-refractivity contribution in [3.8, 4) is 5.75 Å². The number of carboxylic acids is 1. The van der Waals surface area contributed by atoms with E-state index in [1.165, 1.54) is 5.56 Å². The minimum absolute atomic E-state index is 0.0545. The molecule has 1 saturated heterocycles. The molecule has 0 radical (unpaired) electrons. The molecule has 1 fully saturated rings. The number of ether oxygens (including phenoxy) is 1. The van der Waals surface area contributed by atoms with Gasteiger partial charge in [-0.3, -0.25) is 9.59 Å². The van der Waals surface area contributed by atoms with Crippen LogP contribution in [-0.2, 0) is 9.59 Å². The lowest BCUT2D eigenvalue weighted by atomic mass is 9.82. The quantitative estimate of drug-likeness (QED) is 0.766. The zero-order valence-corrected chi connectivity index (χ0v) is 15.5. The Balaban J connectivity index is 1.72. The summed E-state index contributed by atoms with van der Waals surface area (Å²) in [6, 6.07) is 6.13. The molecule has 0 saturated carbocycles. The van der Waals surface area contributed by atoms with Gasteiger partial charge in [0.25, 0.3) is 0 Å². The van der Waals surface area contributed by atoms with Gasteiger partial charge in [0.05, 0.1) is 12.0 Å². The monoisotopic (exact) mass is 347 g/mol. The van der Waals surface area contributed by atoms with Crippen LogP contribution in [0.4, 0.5) is 0 Å². The fourth-order valence-electron chi connectivity index (χ4n) is 3.21. The van der Waals surface area contributed by atoms with Crippen molar-refractivity contribution < 1.29 is 19.4 Å². The number of amides is 1. The number of carbonyl (C=O) groups is 2. The number of carboxylic acid groups (broad SMARTS) is 1. The lowest BCUT2D eigenvalue weighted by Crippen LogP contribution is -2.48. The summed E-state index contributed by atoms with van der Waals surface area (Å²) in [4.78, 5) is 25.4. The molecule has 0 bridgehead atoms. The van der Waals surface area contributed by atoms with Crippen LogP contribution in [0.2, 0.25) is 0 Å².